The molecule has 1 aromatic carbocycles. The van der Waals surface area contributed by atoms with Crippen molar-refractivity contribution in [3.8, 4) is 5.75 Å². The Labute approximate surface area is 119 Å². The third kappa shape index (κ3) is 5.19. The molecule has 0 unspecified atom stereocenters. The lowest BCUT2D eigenvalue weighted by atomic mass is 10.2. The Morgan fingerprint density at radius 3 is 2.76 bits per heavy atom. The molecule has 2 N–H and O–H groups in total. The van der Waals surface area contributed by atoms with Crippen molar-refractivity contribution in [2.24, 2.45) is 4.99 Å². The maximum atomic E-state index is 9.79. The summed E-state index contributed by atoms with van der Waals surface area (Å²) in [5, 5.41) is 13.1. The highest BCUT2D eigenvalue weighted by atomic mass is 79.9. The van der Waals surface area contributed by atoms with Crippen LogP contribution in [-0.4, -0.2) is 30.5 Å². The minimum atomic E-state index is 0.216. The van der Waals surface area contributed by atoms with E-state index in [0.29, 0.717) is 22.6 Å². The second-order valence-electron chi connectivity index (χ2n) is 3.97. The van der Waals surface area contributed by atoms with E-state index in [0.717, 1.165) is 11.0 Å². The van der Waals surface area contributed by atoms with E-state index >= 15 is 0 Å². The van der Waals surface area contributed by atoms with Crippen molar-refractivity contribution in [2.75, 3.05) is 13.1 Å². The lowest BCUT2D eigenvalue weighted by molar-refractivity contribution is 0.471. The van der Waals surface area contributed by atoms with Crippen molar-refractivity contribution in [1.29, 1.82) is 0 Å². The first-order valence-corrected chi connectivity index (χ1v) is 7.00. The van der Waals surface area contributed by atoms with Crippen molar-refractivity contribution >= 4 is 38.1 Å². The van der Waals surface area contributed by atoms with Crippen LogP contribution in [0.5, 0.6) is 5.75 Å². The van der Waals surface area contributed by atoms with Gasteiger partial charge in [-0.15, -0.1) is 0 Å². The summed E-state index contributed by atoms with van der Waals surface area (Å²) >= 11 is 6.66. The van der Waals surface area contributed by atoms with Gasteiger partial charge in [0, 0.05) is 28.8 Å². The molecule has 5 heteroatoms. The van der Waals surface area contributed by atoms with Crippen LogP contribution < -0.4 is 5.32 Å². The SMILES string of the molecule is CC(C)NCCN=Cc1cc(Br)cc(Br)c1O. The summed E-state index contributed by atoms with van der Waals surface area (Å²) in [6.07, 6.45) is 1.69. The Hall–Kier alpha value is -0.390. The van der Waals surface area contributed by atoms with E-state index in [-0.39, 0.29) is 5.75 Å². The zero-order valence-electron chi connectivity index (χ0n) is 9.87. The molecule has 17 heavy (non-hydrogen) atoms. The highest BCUT2D eigenvalue weighted by Gasteiger charge is 2.04. The molecule has 1 rings (SSSR count). The van der Waals surface area contributed by atoms with Gasteiger partial charge in [-0.1, -0.05) is 29.8 Å². The summed E-state index contributed by atoms with van der Waals surface area (Å²) in [7, 11) is 0. The number of aromatic hydroxyl groups is 1. The van der Waals surface area contributed by atoms with Crippen LogP contribution in [0.25, 0.3) is 0 Å². The summed E-state index contributed by atoms with van der Waals surface area (Å²) in [6.45, 7) is 5.73. The van der Waals surface area contributed by atoms with Crippen LogP contribution in [0.1, 0.15) is 19.4 Å². The predicted octanol–water partition coefficient (Wildman–Crippen LogP) is 3.33. The molecule has 0 aliphatic carbocycles. The van der Waals surface area contributed by atoms with Gasteiger partial charge in [0.1, 0.15) is 5.75 Å². The molecular weight excluding hydrogens is 348 g/mol. The third-order valence-corrected chi connectivity index (χ3v) is 3.14. The molecule has 0 fully saturated rings. The van der Waals surface area contributed by atoms with E-state index in [1.807, 2.05) is 6.07 Å². The molecule has 0 bridgehead atoms. The van der Waals surface area contributed by atoms with Gasteiger partial charge in [0.05, 0.1) is 11.0 Å². The molecule has 94 valence electrons. The Morgan fingerprint density at radius 1 is 1.41 bits per heavy atom. The number of hydrogen-bond acceptors (Lipinski definition) is 3. The van der Waals surface area contributed by atoms with Crippen LogP contribution in [0.4, 0.5) is 0 Å². The second kappa shape index (κ2) is 7.13. The number of nitrogens with zero attached hydrogens (tertiary/aromatic N) is 1. The molecule has 0 saturated heterocycles. The van der Waals surface area contributed by atoms with Gasteiger partial charge in [0.2, 0.25) is 0 Å². The molecule has 0 saturated carbocycles. The van der Waals surface area contributed by atoms with Crippen molar-refractivity contribution in [3.05, 3.63) is 26.6 Å². The van der Waals surface area contributed by atoms with Gasteiger partial charge in [-0.3, -0.25) is 4.99 Å². The standard InChI is InChI=1S/C12H16Br2N2O/c1-8(2)16-4-3-15-7-9-5-10(13)6-11(14)12(9)17/h5-8,16-17H,3-4H2,1-2H3. The zero-order valence-corrected chi connectivity index (χ0v) is 13.0. The van der Waals surface area contributed by atoms with Crippen LogP contribution in [0.3, 0.4) is 0 Å². The van der Waals surface area contributed by atoms with E-state index in [2.05, 4.69) is 56.0 Å². The summed E-state index contributed by atoms with van der Waals surface area (Å²) in [5.74, 6) is 0.216. The van der Waals surface area contributed by atoms with E-state index < -0.39 is 0 Å². The number of nitrogens with one attached hydrogen (secondary N) is 1. The van der Waals surface area contributed by atoms with Crippen LogP contribution in [0.2, 0.25) is 0 Å². The number of hydrogen-bond donors (Lipinski definition) is 2. The van der Waals surface area contributed by atoms with Gasteiger partial charge in [-0.25, -0.2) is 0 Å². The molecule has 1 aromatic rings. The summed E-state index contributed by atoms with van der Waals surface area (Å²) < 4.78 is 1.57. The quantitative estimate of drug-likeness (QED) is 0.622. The lowest BCUT2D eigenvalue weighted by Crippen LogP contribution is -2.25. The summed E-state index contributed by atoms with van der Waals surface area (Å²) in [6, 6.07) is 4.10. The Morgan fingerprint density at radius 2 is 2.12 bits per heavy atom. The van der Waals surface area contributed by atoms with E-state index in [9.17, 15) is 5.11 Å². The van der Waals surface area contributed by atoms with Gasteiger partial charge in [0.15, 0.2) is 0 Å². The summed E-state index contributed by atoms with van der Waals surface area (Å²) in [4.78, 5) is 4.27. The van der Waals surface area contributed by atoms with Gasteiger partial charge < -0.3 is 10.4 Å². The number of benzene rings is 1. The fourth-order valence-electron chi connectivity index (χ4n) is 1.26. The molecule has 0 amide bonds. The topological polar surface area (TPSA) is 44.6 Å². The molecule has 0 radical (unpaired) electrons. The number of rotatable bonds is 5. The van der Waals surface area contributed by atoms with E-state index in [4.69, 9.17) is 0 Å². The number of phenolic OH excluding ortho intramolecular Hbond substituents is 1. The lowest BCUT2D eigenvalue weighted by Gasteiger charge is -2.05. The maximum Gasteiger partial charge on any atom is 0.138 e. The molecule has 0 aliphatic heterocycles. The average molecular weight is 364 g/mol. The van der Waals surface area contributed by atoms with Gasteiger partial charge in [-0.05, 0) is 28.1 Å². The van der Waals surface area contributed by atoms with Crippen LogP contribution in [0.15, 0.2) is 26.1 Å². The van der Waals surface area contributed by atoms with Crippen molar-refractivity contribution in [1.82, 2.24) is 5.32 Å². The number of aliphatic imine (C=N–C) groups is 1. The number of halogens is 2. The fourth-order valence-corrected chi connectivity index (χ4v) is 2.52. The molecule has 0 atom stereocenters. The third-order valence-electron chi connectivity index (χ3n) is 2.08. The first-order chi connectivity index (χ1) is 8.00. The normalized spacial score (nSPS) is 11.6. The van der Waals surface area contributed by atoms with Crippen molar-refractivity contribution in [2.45, 2.75) is 19.9 Å². The molecule has 0 heterocycles. The van der Waals surface area contributed by atoms with Gasteiger partial charge in [0.25, 0.3) is 0 Å². The smallest absolute Gasteiger partial charge is 0.138 e. The monoisotopic (exact) mass is 362 g/mol. The second-order valence-corrected chi connectivity index (χ2v) is 5.74. The van der Waals surface area contributed by atoms with Crippen molar-refractivity contribution in [3.63, 3.8) is 0 Å². The maximum absolute atomic E-state index is 9.79. The largest absolute Gasteiger partial charge is 0.506 e. The molecule has 0 aromatic heterocycles. The average Bonchev–Trinajstić information content (AvgIpc) is 2.23. The fraction of sp³-hybridized carbons (Fsp3) is 0.417. The zero-order chi connectivity index (χ0) is 12.8. The first kappa shape index (κ1) is 14.7. The molecule has 0 aliphatic rings. The van der Waals surface area contributed by atoms with Crippen LogP contribution in [-0.2, 0) is 0 Å². The highest BCUT2D eigenvalue weighted by Crippen LogP contribution is 2.30. The Kier molecular flexibility index (Phi) is 6.16. The molecular formula is C12H16Br2N2O. The highest BCUT2D eigenvalue weighted by molar-refractivity contribution is 9.11. The predicted molar refractivity (Wildman–Crippen MR) is 79.1 cm³/mol. The Bertz CT molecular complexity index is 406. The van der Waals surface area contributed by atoms with Crippen LogP contribution >= 0.6 is 31.9 Å². The van der Waals surface area contributed by atoms with Crippen molar-refractivity contribution < 1.29 is 5.11 Å². The minimum Gasteiger partial charge on any atom is -0.506 e. The minimum absolute atomic E-state index is 0.216. The Balaban J connectivity index is 2.59. The summed E-state index contributed by atoms with van der Waals surface area (Å²) in [5.41, 5.74) is 0.704. The van der Waals surface area contributed by atoms with Gasteiger partial charge >= 0.3 is 0 Å². The number of phenols is 1. The van der Waals surface area contributed by atoms with E-state index in [1.165, 1.54) is 0 Å². The molecule has 0 spiro atoms. The molecule has 3 nitrogen and oxygen atoms in total. The van der Waals surface area contributed by atoms with Crippen LogP contribution in [0, 0.1) is 0 Å². The first-order valence-electron chi connectivity index (χ1n) is 5.42. The van der Waals surface area contributed by atoms with Gasteiger partial charge in [-0.2, -0.15) is 0 Å². The van der Waals surface area contributed by atoms with E-state index in [1.54, 1.807) is 12.3 Å².